The van der Waals surface area contributed by atoms with E-state index in [1.54, 1.807) is 24.3 Å². The number of carboxylic acid groups (broad SMARTS) is 2. The quantitative estimate of drug-likeness (QED) is 0.291. The van der Waals surface area contributed by atoms with Crippen LogP contribution in [0.1, 0.15) is 37.2 Å². The van der Waals surface area contributed by atoms with E-state index in [0.29, 0.717) is 37.1 Å². The third kappa shape index (κ3) is 5.88. The summed E-state index contributed by atoms with van der Waals surface area (Å²) in [6.45, 7) is 1.22. The average molecular weight is 467 g/mol. The molecule has 180 valence electrons. The van der Waals surface area contributed by atoms with Crippen LogP contribution in [0.4, 0.5) is 5.69 Å². The number of anilines is 1. The van der Waals surface area contributed by atoms with E-state index >= 15 is 0 Å². The lowest BCUT2D eigenvalue weighted by atomic mass is 9.70. The van der Waals surface area contributed by atoms with Crippen molar-refractivity contribution in [3.05, 3.63) is 65.3 Å². The van der Waals surface area contributed by atoms with Crippen molar-refractivity contribution in [1.29, 1.82) is 0 Å². The number of allylic oxidation sites excluding steroid dienone is 4. The Morgan fingerprint density at radius 3 is 1.91 bits per heavy atom. The third-order valence-corrected chi connectivity index (χ3v) is 6.21. The fourth-order valence-corrected chi connectivity index (χ4v) is 4.17. The van der Waals surface area contributed by atoms with Crippen molar-refractivity contribution < 1.29 is 29.4 Å². The fraction of sp³-hybridized carbons (Fsp3) is 0.385. The zero-order valence-corrected chi connectivity index (χ0v) is 19.4. The Balaban J connectivity index is 1.60. The topological polar surface area (TPSA) is 115 Å². The maximum atomic E-state index is 12.8. The van der Waals surface area contributed by atoms with Crippen LogP contribution in [-0.2, 0) is 19.2 Å². The molecule has 0 atom stereocenters. The molecule has 0 heterocycles. The van der Waals surface area contributed by atoms with Crippen molar-refractivity contribution in [2.75, 3.05) is 32.1 Å². The number of hydrogen-bond acceptors (Lipinski definition) is 6. The van der Waals surface area contributed by atoms with Crippen LogP contribution in [0, 0.1) is 0 Å². The highest BCUT2D eigenvalue weighted by Crippen LogP contribution is 2.37. The Hall–Kier alpha value is -3.52. The largest absolute Gasteiger partial charge is 0.481 e. The molecule has 8 heteroatoms. The number of likely N-dealkylation sites (N-methyl/N-ethyl adjacent to an activating group) is 1. The van der Waals surface area contributed by atoms with Gasteiger partial charge in [0.1, 0.15) is 5.92 Å². The van der Waals surface area contributed by atoms with Crippen LogP contribution in [-0.4, -0.2) is 71.8 Å². The molecule has 1 aromatic carbocycles. The third-order valence-electron chi connectivity index (χ3n) is 6.21. The Labute approximate surface area is 198 Å². The second-order valence-electron chi connectivity index (χ2n) is 8.69. The maximum absolute atomic E-state index is 12.8. The molecule has 3 rings (SSSR count). The summed E-state index contributed by atoms with van der Waals surface area (Å²) in [5.41, 5.74) is 2.38. The van der Waals surface area contributed by atoms with Gasteiger partial charge in [-0.2, -0.15) is 0 Å². The SMILES string of the molecule is CN(CCCC(=O)O)c1ccc(C2C(=O)C(=C3C=CC(N(C)CCCC(=O)O)C=C3)C2=O)cc1. The van der Waals surface area contributed by atoms with Gasteiger partial charge in [-0.15, -0.1) is 0 Å². The molecular weight excluding hydrogens is 436 g/mol. The number of hydrogen-bond donors (Lipinski definition) is 2. The first kappa shape index (κ1) is 25.1. The van der Waals surface area contributed by atoms with Gasteiger partial charge >= 0.3 is 11.9 Å². The van der Waals surface area contributed by atoms with Gasteiger partial charge in [0, 0.05) is 38.2 Å². The molecule has 2 N–H and O–H groups in total. The van der Waals surface area contributed by atoms with Crippen LogP contribution in [0.5, 0.6) is 0 Å². The van der Waals surface area contributed by atoms with Crippen LogP contribution in [0.25, 0.3) is 0 Å². The smallest absolute Gasteiger partial charge is 0.303 e. The van der Waals surface area contributed by atoms with Gasteiger partial charge in [0.05, 0.1) is 5.57 Å². The first-order valence-corrected chi connectivity index (χ1v) is 11.3. The van der Waals surface area contributed by atoms with E-state index in [-0.39, 0.29) is 36.0 Å². The van der Waals surface area contributed by atoms with Crippen molar-refractivity contribution >= 4 is 29.2 Å². The molecule has 0 amide bonds. The van der Waals surface area contributed by atoms with Gasteiger partial charge in [-0.05, 0) is 49.7 Å². The summed E-state index contributed by atoms with van der Waals surface area (Å²) >= 11 is 0. The van der Waals surface area contributed by atoms with E-state index < -0.39 is 17.9 Å². The van der Waals surface area contributed by atoms with Crippen molar-refractivity contribution in [3.63, 3.8) is 0 Å². The highest BCUT2D eigenvalue weighted by molar-refractivity contribution is 6.42. The summed E-state index contributed by atoms with van der Waals surface area (Å²) in [4.78, 5) is 51.0. The van der Waals surface area contributed by atoms with E-state index in [1.807, 2.05) is 48.2 Å². The summed E-state index contributed by atoms with van der Waals surface area (Å²) in [6, 6.07) is 7.22. The van der Waals surface area contributed by atoms with Gasteiger partial charge in [0.25, 0.3) is 0 Å². The Kier molecular flexibility index (Phi) is 8.17. The predicted octanol–water partition coefficient (Wildman–Crippen LogP) is 2.81. The van der Waals surface area contributed by atoms with Crippen LogP contribution >= 0.6 is 0 Å². The number of benzene rings is 1. The molecule has 0 radical (unpaired) electrons. The van der Waals surface area contributed by atoms with E-state index in [0.717, 1.165) is 5.69 Å². The molecule has 1 aromatic rings. The first-order valence-electron chi connectivity index (χ1n) is 11.3. The number of carbonyl (C=O) groups is 4. The monoisotopic (exact) mass is 466 g/mol. The van der Waals surface area contributed by atoms with Crippen LogP contribution < -0.4 is 4.90 Å². The highest BCUT2D eigenvalue weighted by atomic mass is 16.4. The van der Waals surface area contributed by atoms with Crippen LogP contribution in [0.3, 0.4) is 0 Å². The second-order valence-corrected chi connectivity index (χ2v) is 8.69. The zero-order valence-electron chi connectivity index (χ0n) is 19.4. The minimum absolute atomic E-state index is 0.0146. The molecule has 2 aliphatic carbocycles. The number of carbonyl (C=O) groups excluding carboxylic acids is 2. The van der Waals surface area contributed by atoms with E-state index in [1.165, 1.54) is 0 Å². The number of carboxylic acids is 2. The lowest BCUT2D eigenvalue weighted by molar-refractivity contribution is -0.138. The summed E-state index contributed by atoms with van der Waals surface area (Å²) in [6.07, 6.45) is 8.70. The predicted molar refractivity (Wildman–Crippen MR) is 128 cm³/mol. The number of Topliss-reactive ketones (excluding diaryl/α,β-unsaturated/α-hetero) is 2. The summed E-state index contributed by atoms with van der Waals surface area (Å²) < 4.78 is 0. The molecule has 0 aliphatic heterocycles. The second kappa shape index (κ2) is 11.1. The van der Waals surface area contributed by atoms with Gasteiger partial charge in [-0.1, -0.05) is 36.4 Å². The summed E-state index contributed by atoms with van der Waals surface area (Å²) in [5.74, 6) is -2.80. The van der Waals surface area contributed by atoms with E-state index in [9.17, 15) is 19.2 Å². The Bertz CT molecular complexity index is 1020. The van der Waals surface area contributed by atoms with Crippen molar-refractivity contribution in [3.8, 4) is 0 Å². The minimum Gasteiger partial charge on any atom is -0.481 e. The first-order chi connectivity index (χ1) is 16.2. The highest BCUT2D eigenvalue weighted by Gasteiger charge is 2.46. The molecule has 0 unspecified atom stereocenters. The number of aliphatic carboxylic acids is 2. The van der Waals surface area contributed by atoms with Crippen LogP contribution in [0.15, 0.2) is 59.7 Å². The van der Waals surface area contributed by atoms with Gasteiger partial charge in [0.2, 0.25) is 0 Å². The minimum atomic E-state index is -0.823. The van der Waals surface area contributed by atoms with Gasteiger partial charge in [-0.3, -0.25) is 24.1 Å². The molecule has 34 heavy (non-hydrogen) atoms. The van der Waals surface area contributed by atoms with Gasteiger partial charge in [0.15, 0.2) is 11.6 Å². The Morgan fingerprint density at radius 2 is 1.38 bits per heavy atom. The molecule has 0 spiro atoms. The summed E-state index contributed by atoms with van der Waals surface area (Å²) in [7, 11) is 3.78. The van der Waals surface area contributed by atoms with E-state index in [2.05, 4.69) is 0 Å². The summed E-state index contributed by atoms with van der Waals surface area (Å²) in [5, 5.41) is 17.5. The Morgan fingerprint density at radius 1 is 0.853 bits per heavy atom. The molecule has 0 saturated heterocycles. The molecule has 8 nitrogen and oxygen atoms in total. The van der Waals surface area contributed by atoms with Crippen molar-refractivity contribution in [2.45, 2.75) is 37.6 Å². The molecule has 1 fully saturated rings. The van der Waals surface area contributed by atoms with Crippen LogP contribution in [0.2, 0.25) is 0 Å². The lowest BCUT2D eigenvalue weighted by Crippen LogP contribution is -2.40. The fourth-order valence-electron chi connectivity index (χ4n) is 4.17. The molecule has 0 bridgehead atoms. The zero-order chi connectivity index (χ0) is 24.8. The van der Waals surface area contributed by atoms with Gasteiger partial charge in [-0.25, -0.2) is 0 Å². The molecule has 0 aromatic heterocycles. The normalized spacial score (nSPS) is 19.5. The molecule has 1 saturated carbocycles. The number of nitrogens with zero attached hydrogens (tertiary/aromatic N) is 2. The average Bonchev–Trinajstić information content (AvgIpc) is 2.79. The van der Waals surface area contributed by atoms with Crippen molar-refractivity contribution in [1.82, 2.24) is 4.90 Å². The van der Waals surface area contributed by atoms with E-state index in [4.69, 9.17) is 10.2 Å². The lowest BCUT2D eigenvalue weighted by Gasteiger charge is -2.30. The van der Waals surface area contributed by atoms with Crippen molar-refractivity contribution in [2.24, 2.45) is 0 Å². The van der Waals surface area contributed by atoms with Gasteiger partial charge < -0.3 is 15.1 Å². The number of ketones is 2. The molecule has 2 aliphatic rings. The number of rotatable bonds is 11. The molecular formula is C26H30N2O6. The standard InChI is InChI=1S/C26H30N2O6/c1-27(15-3-5-21(29)30)19-11-7-17(8-12-19)23-25(33)24(26(23)34)18-9-13-20(14-10-18)28(2)16-4-6-22(31)32/h7-14,19,24H,3-6,15-16H2,1-2H3,(H,29,30)(H,31,32). The maximum Gasteiger partial charge on any atom is 0.303 e.